The molecule has 9 aromatic rings. The van der Waals surface area contributed by atoms with E-state index in [9.17, 15) is 0 Å². The predicted octanol–water partition coefficient (Wildman–Crippen LogP) is 13.3. The van der Waals surface area contributed by atoms with Gasteiger partial charge in [0, 0.05) is 44.8 Å². The van der Waals surface area contributed by atoms with Crippen LogP contribution in [0.15, 0.2) is 188 Å². The maximum atomic E-state index is 7.24. The monoisotopic (exact) mass is 743 g/mol. The molecular weight excluding hydrogens is 707 g/mol. The first kappa shape index (κ1) is 33.9. The molecule has 0 unspecified atom stereocenters. The fourth-order valence-corrected chi connectivity index (χ4v) is 9.29. The highest BCUT2D eigenvalue weighted by molar-refractivity contribution is 5.92. The lowest BCUT2D eigenvalue weighted by atomic mass is 9.65. The molecule has 2 aromatic heterocycles. The van der Waals surface area contributed by atoms with Crippen LogP contribution in [0.2, 0.25) is 0 Å². The van der Waals surface area contributed by atoms with Gasteiger partial charge in [-0.05, 0) is 83.1 Å². The number of para-hydroxylation sites is 1. The number of hydrogen-bond donors (Lipinski definition) is 0. The Bertz CT molecular complexity index is 2960. The van der Waals surface area contributed by atoms with Gasteiger partial charge >= 0.3 is 0 Å². The topological polar surface area (TPSA) is 47.9 Å². The van der Waals surface area contributed by atoms with Gasteiger partial charge in [-0.25, -0.2) is 9.97 Å². The summed E-state index contributed by atoms with van der Waals surface area (Å²) in [6, 6.07) is 66.6. The van der Waals surface area contributed by atoms with E-state index in [0.717, 1.165) is 84.3 Å². The molecule has 0 bridgehead atoms. The minimum Gasteiger partial charge on any atom is -0.456 e. The minimum atomic E-state index is -0.671. The van der Waals surface area contributed by atoms with Crippen LogP contribution in [0.5, 0.6) is 11.5 Å². The van der Waals surface area contributed by atoms with Gasteiger partial charge in [-0.15, -0.1) is 0 Å². The largest absolute Gasteiger partial charge is 0.456 e. The van der Waals surface area contributed by atoms with Gasteiger partial charge in [-0.1, -0.05) is 158 Å². The normalized spacial score (nSPS) is 12.9. The number of ether oxygens (including phenoxy) is 1. The zero-order valence-corrected chi connectivity index (χ0v) is 32.1. The van der Waals surface area contributed by atoms with E-state index in [1.54, 1.807) is 0 Å². The lowest BCUT2D eigenvalue weighted by Crippen LogP contribution is -2.32. The van der Waals surface area contributed by atoms with Crippen molar-refractivity contribution in [2.75, 3.05) is 0 Å². The molecule has 1 spiro atoms. The molecule has 3 heterocycles. The molecule has 0 atom stereocenters. The summed E-state index contributed by atoms with van der Waals surface area (Å²) in [4.78, 5) is 15.2. The molecule has 4 nitrogen and oxygen atoms in total. The SMILES string of the molecule is Cc1ccc(-c2ccccc2-c2ccc3c(c2)C2(c4ccccc4-c4ccccc42)c2cccc(-c4cc(-c5ccccc5)nc(-c5ccccc5)n4)c2O3)c(C)n1. The smallest absolute Gasteiger partial charge is 0.160 e. The summed E-state index contributed by atoms with van der Waals surface area (Å²) in [5.41, 5.74) is 17.6. The van der Waals surface area contributed by atoms with E-state index in [1.807, 2.05) is 43.3 Å². The average molecular weight is 744 g/mol. The minimum absolute atomic E-state index is 0.666. The van der Waals surface area contributed by atoms with Crippen LogP contribution < -0.4 is 4.74 Å². The van der Waals surface area contributed by atoms with Crippen molar-refractivity contribution in [3.63, 3.8) is 0 Å². The Hall–Kier alpha value is -7.43. The van der Waals surface area contributed by atoms with Crippen LogP contribution in [-0.2, 0) is 5.41 Å². The molecule has 0 radical (unpaired) electrons. The van der Waals surface area contributed by atoms with Crippen molar-refractivity contribution in [2.45, 2.75) is 19.3 Å². The molecule has 7 aromatic carbocycles. The van der Waals surface area contributed by atoms with Crippen LogP contribution in [0.4, 0.5) is 0 Å². The summed E-state index contributed by atoms with van der Waals surface area (Å²) in [6.07, 6.45) is 0. The van der Waals surface area contributed by atoms with Gasteiger partial charge in [0.2, 0.25) is 0 Å². The lowest BCUT2D eigenvalue weighted by Gasteiger charge is -2.40. The molecule has 0 amide bonds. The first-order chi connectivity index (χ1) is 28.6. The molecule has 0 N–H and O–H groups in total. The molecule has 58 heavy (non-hydrogen) atoms. The van der Waals surface area contributed by atoms with Crippen molar-refractivity contribution in [3.05, 3.63) is 222 Å². The Labute approximate surface area is 338 Å². The number of benzene rings is 7. The second-order valence-electron chi connectivity index (χ2n) is 15.2. The van der Waals surface area contributed by atoms with Crippen LogP contribution in [0.25, 0.3) is 67.3 Å². The van der Waals surface area contributed by atoms with Crippen molar-refractivity contribution in [3.8, 4) is 78.8 Å². The highest BCUT2D eigenvalue weighted by Gasteiger charge is 2.51. The second-order valence-corrected chi connectivity index (χ2v) is 15.2. The van der Waals surface area contributed by atoms with Crippen LogP contribution in [0.1, 0.15) is 33.6 Å². The summed E-state index contributed by atoms with van der Waals surface area (Å²) in [7, 11) is 0. The quantitative estimate of drug-likeness (QED) is 0.176. The van der Waals surface area contributed by atoms with Crippen LogP contribution in [-0.4, -0.2) is 15.0 Å². The number of aromatic nitrogens is 3. The maximum absolute atomic E-state index is 7.24. The molecule has 0 fully saturated rings. The summed E-state index contributed by atoms with van der Waals surface area (Å²) in [5, 5.41) is 0. The number of aryl methyl sites for hydroxylation is 2. The van der Waals surface area contributed by atoms with E-state index in [4.69, 9.17) is 19.7 Å². The van der Waals surface area contributed by atoms with Gasteiger partial charge in [-0.2, -0.15) is 0 Å². The van der Waals surface area contributed by atoms with Crippen LogP contribution in [0.3, 0.4) is 0 Å². The molecular formula is C54H37N3O. The fourth-order valence-electron chi connectivity index (χ4n) is 9.29. The number of pyridine rings is 1. The molecule has 1 aliphatic carbocycles. The fraction of sp³-hybridized carbons (Fsp3) is 0.0556. The van der Waals surface area contributed by atoms with Crippen molar-refractivity contribution < 1.29 is 4.74 Å². The Kier molecular flexibility index (Phi) is 7.80. The summed E-state index contributed by atoms with van der Waals surface area (Å²) in [6.45, 7) is 4.14. The first-order valence-corrected chi connectivity index (χ1v) is 19.8. The maximum Gasteiger partial charge on any atom is 0.160 e. The Morgan fingerprint density at radius 3 is 1.67 bits per heavy atom. The van der Waals surface area contributed by atoms with E-state index in [2.05, 4.69) is 159 Å². The molecule has 1 aliphatic heterocycles. The van der Waals surface area contributed by atoms with Gasteiger partial charge in [0.05, 0.1) is 16.8 Å². The molecule has 0 saturated carbocycles. The Morgan fingerprint density at radius 2 is 0.966 bits per heavy atom. The highest BCUT2D eigenvalue weighted by atomic mass is 16.5. The van der Waals surface area contributed by atoms with Gasteiger partial charge < -0.3 is 4.74 Å². The van der Waals surface area contributed by atoms with Gasteiger partial charge in [0.1, 0.15) is 11.5 Å². The highest BCUT2D eigenvalue weighted by Crippen LogP contribution is 2.63. The van der Waals surface area contributed by atoms with Crippen molar-refractivity contribution >= 4 is 0 Å². The first-order valence-electron chi connectivity index (χ1n) is 19.8. The molecule has 274 valence electrons. The summed E-state index contributed by atoms with van der Waals surface area (Å²) in [5.74, 6) is 2.29. The zero-order valence-electron chi connectivity index (χ0n) is 32.1. The molecule has 4 heteroatoms. The Morgan fingerprint density at radius 1 is 0.379 bits per heavy atom. The third-order valence-corrected chi connectivity index (χ3v) is 11.8. The molecule has 11 rings (SSSR count). The van der Waals surface area contributed by atoms with E-state index < -0.39 is 5.41 Å². The zero-order chi connectivity index (χ0) is 38.8. The van der Waals surface area contributed by atoms with Gasteiger partial charge in [-0.3, -0.25) is 4.98 Å². The van der Waals surface area contributed by atoms with E-state index in [0.29, 0.717) is 5.82 Å². The number of nitrogens with zero attached hydrogens (tertiary/aromatic N) is 3. The van der Waals surface area contributed by atoms with Crippen LogP contribution in [0, 0.1) is 13.8 Å². The van der Waals surface area contributed by atoms with Crippen LogP contribution >= 0.6 is 0 Å². The summed E-state index contributed by atoms with van der Waals surface area (Å²) >= 11 is 0. The number of rotatable bonds is 5. The number of fused-ring (bicyclic) bond motifs is 9. The van der Waals surface area contributed by atoms with E-state index >= 15 is 0 Å². The van der Waals surface area contributed by atoms with Crippen molar-refractivity contribution in [1.29, 1.82) is 0 Å². The lowest BCUT2D eigenvalue weighted by molar-refractivity contribution is 0.438. The van der Waals surface area contributed by atoms with Gasteiger partial charge in [0.15, 0.2) is 5.82 Å². The van der Waals surface area contributed by atoms with Gasteiger partial charge in [0.25, 0.3) is 0 Å². The molecule has 0 saturated heterocycles. The number of hydrogen-bond acceptors (Lipinski definition) is 4. The predicted molar refractivity (Wildman–Crippen MR) is 234 cm³/mol. The third kappa shape index (κ3) is 5.19. The van der Waals surface area contributed by atoms with Crippen molar-refractivity contribution in [1.82, 2.24) is 15.0 Å². The third-order valence-electron chi connectivity index (χ3n) is 11.8. The molecule has 2 aliphatic rings. The summed E-state index contributed by atoms with van der Waals surface area (Å²) < 4.78 is 7.24. The van der Waals surface area contributed by atoms with E-state index in [-0.39, 0.29) is 0 Å². The average Bonchev–Trinajstić information content (AvgIpc) is 3.57. The Balaban J connectivity index is 1.18. The standard InChI is InChI=1S/C54H37N3O/c1-34-28-30-39(35(2)55-34)41-21-10-9-20-40(41)38-29-31-51-48(32-38)54(45-25-13-11-22-42(45)43-23-12-14-26-46(43)54)47-27-15-24-44(52(47)58-51)50-33-49(36-16-5-3-6-17-36)56-53(57-50)37-18-7-4-8-19-37/h3-33H,1-2H3. The van der Waals surface area contributed by atoms with E-state index in [1.165, 1.54) is 22.3 Å². The second kappa shape index (κ2) is 13.4. The van der Waals surface area contributed by atoms with Crippen molar-refractivity contribution in [2.24, 2.45) is 0 Å².